The maximum absolute atomic E-state index is 12.2. The Morgan fingerprint density at radius 3 is 2.58 bits per heavy atom. The second-order valence-electron chi connectivity index (χ2n) is 5.76. The molecule has 9 heteroatoms. The van der Waals surface area contributed by atoms with Gasteiger partial charge in [0, 0.05) is 19.3 Å². The zero-order valence-corrected chi connectivity index (χ0v) is 17.0. The lowest BCUT2D eigenvalue weighted by Crippen LogP contribution is -2.36. The van der Waals surface area contributed by atoms with Gasteiger partial charge in [-0.25, -0.2) is 0 Å². The molecule has 0 spiro atoms. The van der Waals surface area contributed by atoms with Crippen LogP contribution in [0.3, 0.4) is 0 Å². The Kier molecular flexibility index (Phi) is 7.40. The third-order valence-electron chi connectivity index (χ3n) is 3.61. The monoisotopic (exact) mass is 393 g/mol. The Labute approximate surface area is 161 Å². The summed E-state index contributed by atoms with van der Waals surface area (Å²) in [6.07, 6.45) is 0. The highest BCUT2D eigenvalue weighted by Gasteiger charge is 2.16. The summed E-state index contributed by atoms with van der Waals surface area (Å²) in [6, 6.07) is 5.83. The summed E-state index contributed by atoms with van der Waals surface area (Å²) < 4.78 is 0.725. The smallest absolute Gasteiger partial charge is 0.243 e. The summed E-state index contributed by atoms with van der Waals surface area (Å²) in [5, 5.41) is 14.7. The van der Waals surface area contributed by atoms with Crippen molar-refractivity contribution in [3.8, 4) is 0 Å². The Balaban J connectivity index is 1.83. The average molecular weight is 394 g/mol. The molecule has 0 radical (unpaired) electrons. The van der Waals surface area contributed by atoms with Crippen LogP contribution in [0.4, 0.5) is 10.8 Å². The number of para-hydroxylation sites is 1. The van der Waals surface area contributed by atoms with Crippen molar-refractivity contribution in [1.82, 2.24) is 15.1 Å². The molecule has 140 valence electrons. The molecule has 7 nitrogen and oxygen atoms in total. The Morgan fingerprint density at radius 1 is 1.23 bits per heavy atom. The van der Waals surface area contributed by atoms with E-state index in [-0.39, 0.29) is 24.1 Å². The summed E-state index contributed by atoms with van der Waals surface area (Å²) in [5.41, 5.74) is 2.80. The molecule has 1 aromatic heterocycles. The number of nitrogens with one attached hydrogen (secondary N) is 2. The van der Waals surface area contributed by atoms with Crippen molar-refractivity contribution >= 4 is 45.7 Å². The van der Waals surface area contributed by atoms with E-state index in [1.807, 2.05) is 39.0 Å². The van der Waals surface area contributed by atoms with Gasteiger partial charge in [-0.15, -0.1) is 10.2 Å². The zero-order valence-electron chi connectivity index (χ0n) is 15.3. The minimum absolute atomic E-state index is 0.00588. The van der Waals surface area contributed by atoms with Gasteiger partial charge >= 0.3 is 0 Å². The third-order valence-corrected chi connectivity index (χ3v) is 5.60. The van der Waals surface area contributed by atoms with Gasteiger partial charge in [-0.2, -0.15) is 0 Å². The van der Waals surface area contributed by atoms with Gasteiger partial charge in [0.15, 0.2) is 4.34 Å². The van der Waals surface area contributed by atoms with E-state index in [1.165, 1.54) is 28.0 Å². The number of hydrogen-bond donors (Lipinski definition) is 2. The number of nitrogens with zero attached hydrogens (tertiary/aromatic N) is 3. The number of carbonyl (C=O) groups excluding carboxylic acids is 2. The highest BCUT2D eigenvalue weighted by atomic mass is 32.2. The van der Waals surface area contributed by atoms with E-state index in [0.29, 0.717) is 0 Å². The van der Waals surface area contributed by atoms with Crippen LogP contribution in [0.15, 0.2) is 22.5 Å². The van der Waals surface area contributed by atoms with Crippen LogP contribution in [0.25, 0.3) is 0 Å². The van der Waals surface area contributed by atoms with Crippen molar-refractivity contribution in [2.24, 2.45) is 0 Å². The van der Waals surface area contributed by atoms with Crippen LogP contribution in [-0.4, -0.2) is 52.8 Å². The first-order valence-electron chi connectivity index (χ1n) is 8.21. The van der Waals surface area contributed by atoms with Gasteiger partial charge in [-0.05, 0) is 31.9 Å². The maximum atomic E-state index is 12.2. The predicted molar refractivity (Wildman–Crippen MR) is 107 cm³/mol. The zero-order chi connectivity index (χ0) is 19.1. The Morgan fingerprint density at radius 2 is 1.92 bits per heavy atom. The molecule has 2 amide bonds. The lowest BCUT2D eigenvalue weighted by atomic mass is 10.1. The van der Waals surface area contributed by atoms with Crippen molar-refractivity contribution in [2.75, 3.05) is 36.5 Å². The van der Waals surface area contributed by atoms with E-state index >= 15 is 0 Å². The molecule has 2 rings (SSSR count). The Bertz CT molecular complexity index is 758. The molecule has 0 bridgehead atoms. The van der Waals surface area contributed by atoms with Crippen molar-refractivity contribution in [3.63, 3.8) is 0 Å². The number of aryl methyl sites for hydroxylation is 2. The van der Waals surface area contributed by atoms with Crippen LogP contribution in [0.5, 0.6) is 0 Å². The van der Waals surface area contributed by atoms with Crippen molar-refractivity contribution in [3.05, 3.63) is 29.3 Å². The Hall–Kier alpha value is -2.13. The number of amides is 2. The van der Waals surface area contributed by atoms with Crippen LogP contribution >= 0.6 is 23.1 Å². The van der Waals surface area contributed by atoms with Gasteiger partial charge in [-0.3, -0.25) is 9.59 Å². The molecule has 0 saturated heterocycles. The first kappa shape index (κ1) is 20.2. The topological polar surface area (TPSA) is 87.2 Å². The normalized spacial score (nSPS) is 10.5. The van der Waals surface area contributed by atoms with E-state index in [4.69, 9.17) is 0 Å². The van der Waals surface area contributed by atoms with Gasteiger partial charge in [0.1, 0.15) is 0 Å². The molecule has 1 aromatic carbocycles. The number of thioether (sulfide) groups is 1. The average Bonchev–Trinajstić information content (AvgIpc) is 3.04. The summed E-state index contributed by atoms with van der Waals surface area (Å²) in [7, 11) is 1.62. The first-order chi connectivity index (χ1) is 12.4. The lowest BCUT2D eigenvalue weighted by molar-refractivity contribution is -0.131. The number of anilines is 2. The fraction of sp³-hybridized carbons (Fsp3) is 0.412. The summed E-state index contributed by atoms with van der Waals surface area (Å²) in [4.78, 5) is 25.9. The van der Waals surface area contributed by atoms with Crippen LogP contribution in [0.2, 0.25) is 0 Å². The molecule has 0 saturated carbocycles. The van der Waals surface area contributed by atoms with E-state index in [9.17, 15) is 9.59 Å². The molecule has 0 aliphatic heterocycles. The molecule has 26 heavy (non-hydrogen) atoms. The van der Waals surface area contributed by atoms with Crippen LogP contribution in [0.1, 0.15) is 18.1 Å². The fourth-order valence-corrected chi connectivity index (χ4v) is 3.98. The van der Waals surface area contributed by atoms with Gasteiger partial charge < -0.3 is 15.5 Å². The lowest BCUT2D eigenvalue weighted by Gasteiger charge is -2.17. The minimum Gasteiger partial charge on any atom is -0.360 e. The second kappa shape index (κ2) is 9.54. The van der Waals surface area contributed by atoms with Crippen molar-refractivity contribution in [2.45, 2.75) is 25.1 Å². The minimum atomic E-state index is -0.214. The number of benzene rings is 1. The first-order valence-corrected chi connectivity index (χ1v) is 10.0. The summed E-state index contributed by atoms with van der Waals surface area (Å²) >= 11 is 2.73. The fourth-order valence-electron chi connectivity index (χ4n) is 2.22. The van der Waals surface area contributed by atoms with Crippen LogP contribution in [-0.2, 0) is 9.59 Å². The van der Waals surface area contributed by atoms with Gasteiger partial charge in [0.25, 0.3) is 0 Å². The number of carbonyl (C=O) groups is 2. The molecule has 0 atom stereocenters. The highest BCUT2D eigenvalue weighted by Crippen LogP contribution is 2.25. The molecular formula is C17H23N5O2S2. The van der Waals surface area contributed by atoms with Crippen molar-refractivity contribution < 1.29 is 9.59 Å². The molecular weight excluding hydrogens is 370 g/mol. The maximum Gasteiger partial charge on any atom is 0.243 e. The molecule has 0 fully saturated rings. The van der Waals surface area contributed by atoms with E-state index in [2.05, 4.69) is 20.8 Å². The van der Waals surface area contributed by atoms with Crippen LogP contribution in [0, 0.1) is 13.8 Å². The summed E-state index contributed by atoms with van der Waals surface area (Å²) in [5.74, 6) is -0.131. The largest absolute Gasteiger partial charge is 0.360 e. The SMILES string of the molecule is CCNc1nnc(SCC(=O)N(C)CC(=O)Nc2c(C)cccc2C)s1. The van der Waals surface area contributed by atoms with Crippen molar-refractivity contribution in [1.29, 1.82) is 0 Å². The van der Waals surface area contributed by atoms with Crippen LogP contribution < -0.4 is 10.6 Å². The number of hydrogen-bond acceptors (Lipinski definition) is 7. The molecule has 2 N–H and O–H groups in total. The van der Waals surface area contributed by atoms with Gasteiger partial charge in [0.2, 0.25) is 16.9 Å². The predicted octanol–water partition coefficient (Wildman–Crippen LogP) is 2.78. The van der Waals surface area contributed by atoms with E-state index < -0.39 is 0 Å². The van der Waals surface area contributed by atoms with E-state index in [0.717, 1.165) is 32.8 Å². The molecule has 0 aliphatic rings. The van der Waals surface area contributed by atoms with E-state index in [1.54, 1.807) is 7.05 Å². The molecule has 0 unspecified atom stereocenters. The number of likely N-dealkylation sites (N-methyl/N-ethyl adjacent to an activating group) is 1. The third kappa shape index (κ3) is 5.70. The van der Waals surface area contributed by atoms with Gasteiger partial charge in [0.05, 0.1) is 12.3 Å². The second-order valence-corrected chi connectivity index (χ2v) is 7.96. The van der Waals surface area contributed by atoms with Gasteiger partial charge in [-0.1, -0.05) is 41.3 Å². The standard InChI is InChI=1S/C17H23N5O2S2/c1-5-18-16-20-21-17(26-16)25-10-14(24)22(4)9-13(23)19-15-11(2)7-6-8-12(15)3/h6-8H,5,9-10H2,1-4H3,(H,18,20)(H,19,23). The summed E-state index contributed by atoms with van der Waals surface area (Å²) in [6.45, 7) is 6.65. The number of rotatable bonds is 8. The quantitative estimate of drug-likeness (QED) is 0.671. The molecule has 2 aromatic rings. The highest BCUT2D eigenvalue weighted by molar-refractivity contribution is 8.01. The molecule has 1 heterocycles. The number of aromatic nitrogens is 2. The molecule has 0 aliphatic carbocycles.